The fourth-order valence-corrected chi connectivity index (χ4v) is 3.53. The molecule has 3 heteroatoms. The van der Waals surface area contributed by atoms with Crippen LogP contribution in [0.5, 0.6) is 0 Å². The summed E-state index contributed by atoms with van der Waals surface area (Å²) in [5.74, 6) is 1.17. The highest BCUT2D eigenvalue weighted by Gasteiger charge is 2.23. The van der Waals surface area contributed by atoms with Crippen molar-refractivity contribution < 1.29 is 4.79 Å². The number of para-hydroxylation sites is 1. The molecule has 0 bridgehead atoms. The summed E-state index contributed by atoms with van der Waals surface area (Å²) in [5, 5.41) is 2.43. The molecule has 2 heterocycles. The molecule has 0 aliphatic carbocycles. The summed E-state index contributed by atoms with van der Waals surface area (Å²) < 4.78 is 2.19. The molecular formula is C20H14N2O. The smallest absolute Gasteiger partial charge is 0.166 e. The molecule has 0 N–H and O–H groups in total. The van der Waals surface area contributed by atoms with Crippen LogP contribution in [-0.2, 0) is 6.54 Å². The van der Waals surface area contributed by atoms with E-state index in [4.69, 9.17) is 4.98 Å². The Morgan fingerprint density at radius 1 is 0.913 bits per heavy atom. The molecule has 1 aliphatic heterocycles. The Labute approximate surface area is 133 Å². The van der Waals surface area contributed by atoms with Gasteiger partial charge in [-0.25, -0.2) is 4.98 Å². The highest BCUT2D eigenvalue weighted by molar-refractivity contribution is 6.08. The summed E-state index contributed by atoms with van der Waals surface area (Å²) in [4.78, 5) is 17.0. The van der Waals surface area contributed by atoms with Crippen molar-refractivity contribution in [3.8, 4) is 11.4 Å². The summed E-state index contributed by atoms with van der Waals surface area (Å²) in [7, 11) is 0. The molecule has 0 spiro atoms. The van der Waals surface area contributed by atoms with Gasteiger partial charge in [-0.15, -0.1) is 0 Å². The first-order valence-electron chi connectivity index (χ1n) is 7.83. The number of rotatable bonds is 1. The largest absolute Gasteiger partial charge is 0.323 e. The van der Waals surface area contributed by atoms with Gasteiger partial charge in [0, 0.05) is 24.1 Å². The number of ketones is 1. The second-order valence-electron chi connectivity index (χ2n) is 6.00. The normalized spacial score (nSPS) is 13.8. The minimum Gasteiger partial charge on any atom is -0.323 e. The van der Waals surface area contributed by atoms with Gasteiger partial charge in [0.15, 0.2) is 5.78 Å². The zero-order valence-corrected chi connectivity index (χ0v) is 12.5. The molecule has 0 unspecified atom stereocenters. The van der Waals surface area contributed by atoms with Crippen LogP contribution in [0.3, 0.4) is 0 Å². The third-order valence-electron chi connectivity index (χ3n) is 4.64. The van der Waals surface area contributed by atoms with E-state index >= 15 is 0 Å². The second-order valence-corrected chi connectivity index (χ2v) is 6.00. The van der Waals surface area contributed by atoms with Crippen molar-refractivity contribution in [2.75, 3.05) is 0 Å². The topological polar surface area (TPSA) is 34.9 Å². The molecule has 110 valence electrons. The number of fused-ring (bicyclic) bond motifs is 1. The Morgan fingerprint density at radius 2 is 1.78 bits per heavy atom. The molecule has 0 saturated heterocycles. The lowest BCUT2D eigenvalue weighted by molar-refractivity contribution is 0.0973. The molecule has 0 radical (unpaired) electrons. The molecule has 3 aromatic carbocycles. The molecular weight excluding hydrogens is 284 g/mol. The summed E-state index contributed by atoms with van der Waals surface area (Å²) in [6, 6.07) is 20.6. The van der Waals surface area contributed by atoms with Crippen LogP contribution in [0, 0.1) is 0 Å². The monoisotopic (exact) mass is 298 g/mol. The number of nitrogens with zero attached hydrogens (tertiary/aromatic N) is 2. The fraction of sp³-hybridized carbons (Fsp3) is 0.100. The van der Waals surface area contributed by atoms with Gasteiger partial charge in [-0.3, -0.25) is 4.79 Å². The van der Waals surface area contributed by atoms with Crippen LogP contribution in [0.15, 0.2) is 60.7 Å². The van der Waals surface area contributed by atoms with E-state index in [0.717, 1.165) is 28.0 Å². The SMILES string of the molecule is O=C1CCn2c(-c3ccc4ccccc4c3)nc3cccc1c32. The molecule has 4 aromatic rings. The summed E-state index contributed by atoms with van der Waals surface area (Å²) >= 11 is 0. The summed E-state index contributed by atoms with van der Waals surface area (Å²) in [6.45, 7) is 0.703. The minimum atomic E-state index is 0.216. The van der Waals surface area contributed by atoms with Gasteiger partial charge in [0.2, 0.25) is 0 Å². The maximum Gasteiger partial charge on any atom is 0.166 e. The van der Waals surface area contributed by atoms with Gasteiger partial charge in [0.25, 0.3) is 0 Å². The van der Waals surface area contributed by atoms with E-state index in [9.17, 15) is 4.79 Å². The van der Waals surface area contributed by atoms with Crippen LogP contribution in [0.4, 0.5) is 0 Å². The van der Waals surface area contributed by atoms with Crippen LogP contribution in [-0.4, -0.2) is 15.3 Å². The van der Waals surface area contributed by atoms with Crippen molar-refractivity contribution >= 4 is 27.6 Å². The number of hydrogen-bond acceptors (Lipinski definition) is 2. The molecule has 3 nitrogen and oxygen atoms in total. The van der Waals surface area contributed by atoms with E-state index < -0.39 is 0 Å². The Morgan fingerprint density at radius 3 is 2.70 bits per heavy atom. The van der Waals surface area contributed by atoms with Crippen LogP contribution in [0.2, 0.25) is 0 Å². The van der Waals surface area contributed by atoms with E-state index in [1.165, 1.54) is 10.8 Å². The number of aryl methyl sites for hydroxylation is 1. The highest BCUT2D eigenvalue weighted by atomic mass is 16.1. The van der Waals surface area contributed by atoms with Crippen LogP contribution in [0.1, 0.15) is 16.8 Å². The Bertz CT molecular complexity index is 1090. The van der Waals surface area contributed by atoms with Gasteiger partial charge >= 0.3 is 0 Å². The number of carbonyl (C=O) groups is 1. The Balaban J connectivity index is 1.81. The fourth-order valence-electron chi connectivity index (χ4n) is 3.53. The summed E-state index contributed by atoms with van der Waals surface area (Å²) in [6.07, 6.45) is 0.545. The lowest BCUT2D eigenvalue weighted by atomic mass is 10.0. The van der Waals surface area contributed by atoms with Gasteiger partial charge in [0.05, 0.1) is 11.0 Å². The van der Waals surface area contributed by atoms with Crippen molar-refractivity contribution in [2.24, 2.45) is 0 Å². The molecule has 0 amide bonds. The van der Waals surface area contributed by atoms with Gasteiger partial charge < -0.3 is 4.57 Å². The average Bonchev–Trinajstić information content (AvgIpc) is 2.98. The quantitative estimate of drug-likeness (QED) is 0.520. The van der Waals surface area contributed by atoms with E-state index in [1.54, 1.807) is 0 Å². The lowest BCUT2D eigenvalue weighted by Crippen LogP contribution is -2.14. The number of carbonyl (C=O) groups excluding carboxylic acids is 1. The Kier molecular flexibility index (Phi) is 2.48. The number of benzene rings is 3. The zero-order chi connectivity index (χ0) is 15.4. The number of Topliss-reactive ketones (excluding diaryl/α,β-unsaturated/α-hetero) is 1. The molecule has 1 aromatic heterocycles. The van der Waals surface area contributed by atoms with Crippen molar-refractivity contribution in [1.29, 1.82) is 0 Å². The standard InChI is InChI=1S/C20H14N2O/c23-18-10-11-22-19-16(18)6-3-7-17(19)21-20(22)15-9-8-13-4-1-2-5-14(13)12-15/h1-9,12H,10-11H2. The first-order valence-corrected chi connectivity index (χ1v) is 7.83. The number of imidazole rings is 1. The first kappa shape index (κ1) is 12.6. The van der Waals surface area contributed by atoms with Crippen molar-refractivity contribution in [2.45, 2.75) is 13.0 Å². The predicted octanol–water partition coefficient (Wildman–Crippen LogP) is 4.44. The van der Waals surface area contributed by atoms with E-state index in [0.29, 0.717) is 13.0 Å². The van der Waals surface area contributed by atoms with Crippen molar-refractivity contribution in [3.63, 3.8) is 0 Å². The minimum absolute atomic E-state index is 0.216. The third kappa shape index (κ3) is 1.77. The molecule has 0 saturated carbocycles. The van der Waals surface area contributed by atoms with Crippen LogP contribution < -0.4 is 0 Å². The second kappa shape index (κ2) is 4.53. The molecule has 1 aliphatic rings. The summed E-state index contributed by atoms with van der Waals surface area (Å²) in [5.41, 5.74) is 3.78. The average molecular weight is 298 g/mol. The van der Waals surface area contributed by atoms with Crippen molar-refractivity contribution in [3.05, 3.63) is 66.2 Å². The van der Waals surface area contributed by atoms with E-state index in [-0.39, 0.29) is 5.78 Å². The molecule has 0 atom stereocenters. The first-order chi connectivity index (χ1) is 11.3. The number of aromatic nitrogens is 2. The van der Waals surface area contributed by atoms with Gasteiger partial charge in [-0.05, 0) is 29.0 Å². The molecule has 0 fully saturated rings. The van der Waals surface area contributed by atoms with E-state index in [2.05, 4.69) is 41.0 Å². The van der Waals surface area contributed by atoms with Crippen LogP contribution in [0.25, 0.3) is 33.2 Å². The Hall–Kier alpha value is -2.94. The molecule has 23 heavy (non-hydrogen) atoms. The maximum atomic E-state index is 12.2. The van der Waals surface area contributed by atoms with Gasteiger partial charge in [-0.2, -0.15) is 0 Å². The highest BCUT2D eigenvalue weighted by Crippen LogP contribution is 2.32. The van der Waals surface area contributed by atoms with E-state index in [1.807, 2.05) is 24.3 Å². The van der Waals surface area contributed by atoms with Gasteiger partial charge in [-0.1, -0.05) is 42.5 Å². The maximum absolute atomic E-state index is 12.2. The third-order valence-corrected chi connectivity index (χ3v) is 4.64. The molecule has 5 rings (SSSR count). The van der Waals surface area contributed by atoms with Crippen LogP contribution >= 0.6 is 0 Å². The van der Waals surface area contributed by atoms with Gasteiger partial charge in [0.1, 0.15) is 5.82 Å². The predicted molar refractivity (Wildman–Crippen MR) is 91.6 cm³/mol. The number of hydrogen-bond donors (Lipinski definition) is 0. The van der Waals surface area contributed by atoms with Crippen molar-refractivity contribution in [1.82, 2.24) is 9.55 Å². The zero-order valence-electron chi connectivity index (χ0n) is 12.5. The lowest BCUT2D eigenvalue weighted by Gasteiger charge is -2.16.